The van der Waals surface area contributed by atoms with Crippen LogP contribution in [-0.4, -0.2) is 33.9 Å². The van der Waals surface area contributed by atoms with Crippen molar-refractivity contribution in [2.75, 3.05) is 13.2 Å². The van der Waals surface area contributed by atoms with Gasteiger partial charge in [0, 0.05) is 17.8 Å². The average Bonchev–Trinajstić information content (AvgIpc) is 2.74. The largest absolute Gasteiger partial charge is 0.413 e. The SMILES string of the molecule is CC(C)(C)[Si](C)(C)O[C@@H]1C2CO[C@H]3OCC1C3C2. The van der Waals surface area contributed by atoms with Crippen molar-refractivity contribution in [3.8, 4) is 0 Å². The summed E-state index contributed by atoms with van der Waals surface area (Å²) < 4.78 is 18.2. The molecule has 3 nitrogen and oxygen atoms in total. The standard InChI is InChI=1S/C14H26O3Si/c1-14(2,3)18(4,5)17-12-9-6-10-11(12)8-16-13(10)15-7-9/h9-13H,6-8H2,1-5H3/t9?,10?,11?,12-,13+/m1/s1. The van der Waals surface area contributed by atoms with Gasteiger partial charge in [-0.3, -0.25) is 0 Å². The van der Waals surface area contributed by atoms with Crippen LogP contribution in [0.5, 0.6) is 0 Å². The Bertz CT molecular complexity index is 336. The van der Waals surface area contributed by atoms with Crippen LogP contribution in [0.1, 0.15) is 27.2 Å². The van der Waals surface area contributed by atoms with Crippen LogP contribution in [0.15, 0.2) is 0 Å². The van der Waals surface area contributed by atoms with Gasteiger partial charge in [-0.2, -0.15) is 0 Å². The first-order chi connectivity index (χ1) is 8.29. The lowest BCUT2D eigenvalue weighted by molar-refractivity contribution is -0.168. The van der Waals surface area contributed by atoms with E-state index in [1.54, 1.807) is 0 Å². The topological polar surface area (TPSA) is 27.7 Å². The Balaban J connectivity index is 1.77. The minimum atomic E-state index is -1.68. The van der Waals surface area contributed by atoms with Gasteiger partial charge >= 0.3 is 0 Å². The van der Waals surface area contributed by atoms with Crippen LogP contribution in [-0.2, 0) is 13.9 Å². The molecule has 3 aliphatic rings. The van der Waals surface area contributed by atoms with Crippen LogP contribution >= 0.6 is 0 Å². The second-order valence-electron chi connectivity index (χ2n) is 7.70. The molecule has 104 valence electrons. The van der Waals surface area contributed by atoms with Crippen molar-refractivity contribution >= 4 is 8.32 Å². The first-order valence-corrected chi connectivity index (χ1v) is 10.1. The maximum Gasteiger partial charge on any atom is 0.192 e. The smallest absolute Gasteiger partial charge is 0.192 e. The van der Waals surface area contributed by atoms with Gasteiger partial charge < -0.3 is 13.9 Å². The van der Waals surface area contributed by atoms with Crippen molar-refractivity contribution in [1.29, 1.82) is 0 Å². The fraction of sp³-hybridized carbons (Fsp3) is 1.00. The summed E-state index contributed by atoms with van der Waals surface area (Å²) in [5, 5.41) is 0.281. The maximum absolute atomic E-state index is 6.69. The molecule has 3 rings (SSSR count). The van der Waals surface area contributed by atoms with E-state index in [1.807, 2.05) is 0 Å². The van der Waals surface area contributed by atoms with Crippen LogP contribution in [0.25, 0.3) is 0 Å². The molecule has 4 heteroatoms. The van der Waals surface area contributed by atoms with E-state index >= 15 is 0 Å². The summed E-state index contributed by atoms with van der Waals surface area (Å²) in [6.07, 6.45) is 1.69. The molecule has 1 aliphatic carbocycles. The molecule has 2 aliphatic heterocycles. The van der Waals surface area contributed by atoms with Gasteiger partial charge in [0.2, 0.25) is 0 Å². The van der Waals surface area contributed by atoms with Crippen LogP contribution in [0.3, 0.4) is 0 Å². The summed E-state index contributed by atoms with van der Waals surface area (Å²) in [4.78, 5) is 0. The highest BCUT2D eigenvalue weighted by Crippen LogP contribution is 2.51. The Morgan fingerprint density at radius 3 is 2.39 bits per heavy atom. The lowest BCUT2D eigenvalue weighted by atomic mass is 9.98. The molecular weight excluding hydrogens is 244 g/mol. The Morgan fingerprint density at radius 2 is 1.72 bits per heavy atom. The molecule has 0 aromatic carbocycles. The molecule has 0 aromatic heterocycles. The Hall–Kier alpha value is 0.0969. The molecule has 0 aromatic rings. The Kier molecular flexibility index (Phi) is 2.94. The molecule has 2 heterocycles. The van der Waals surface area contributed by atoms with Crippen molar-refractivity contribution in [2.45, 2.75) is 57.7 Å². The summed E-state index contributed by atoms with van der Waals surface area (Å²) in [6, 6.07) is 0. The quantitative estimate of drug-likeness (QED) is 0.722. The zero-order chi connectivity index (χ0) is 13.1. The van der Waals surface area contributed by atoms with Crippen molar-refractivity contribution in [3.63, 3.8) is 0 Å². The molecule has 1 saturated carbocycles. The monoisotopic (exact) mass is 270 g/mol. The predicted octanol–water partition coefficient (Wildman–Crippen LogP) is 3.02. The predicted molar refractivity (Wildman–Crippen MR) is 72.8 cm³/mol. The van der Waals surface area contributed by atoms with E-state index in [9.17, 15) is 0 Å². The Labute approximate surface area is 111 Å². The van der Waals surface area contributed by atoms with Gasteiger partial charge in [0.1, 0.15) is 0 Å². The van der Waals surface area contributed by atoms with E-state index in [2.05, 4.69) is 33.9 Å². The van der Waals surface area contributed by atoms with Crippen molar-refractivity contribution < 1.29 is 13.9 Å². The molecule has 5 atom stereocenters. The van der Waals surface area contributed by atoms with Crippen LogP contribution in [0.4, 0.5) is 0 Å². The average molecular weight is 270 g/mol. The molecular formula is C14H26O3Si. The van der Waals surface area contributed by atoms with Gasteiger partial charge in [0.15, 0.2) is 14.6 Å². The van der Waals surface area contributed by atoms with E-state index in [-0.39, 0.29) is 11.3 Å². The highest BCUT2D eigenvalue weighted by atomic mass is 28.4. The van der Waals surface area contributed by atoms with Gasteiger partial charge in [-0.05, 0) is 24.6 Å². The van der Waals surface area contributed by atoms with Gasteiger partial charge in [0.25, 0.3) is 0 Å². The van der Waals surface area contributed by atoms with Gasteiger partial charge in [-0.25, -0.2) is 0 Å². The molecule has 0 N–H and O–H groups in total. The number of ether oxygens (including phenoxy) is 2. The van der Waals surface area contributed by atoms with Gasteiger partial charge in [-0.1, -0.05) is 20.8 Å². The summed E-state index contributed by atoms with van der Waals surface area (Å²) in [7, 11) is -1.68. The molecule has 2 saturated heterocycles. The second kappa shape index (κ2) is 4.04. The summed E-state index contributed by atoms with van der Waals surface area (Å²) >= 11 is 0. The summed E-state index contributed by atoms with van der Waals surface area (Å²) in [5.41, 5.74) is 0. The highest BCUT2D eigenvalue weighted by Gasteiger charge is 2.57. The van der Waals surface area contributed by atoms with Crippen LogP contribution in [0, 0.1) is 17.8 Å². The van der Waals surface area contributed by atoms with E-state index in [0.29, 0.717) is 23.9 Å². The zero-order valence-electron chi connectivity index (χ0n) is 12.2. The molecule has 0 amide bonds. The number of hydrogen-bond donors (Lipinski definition) is 0. The third-order valence-electron chi connectivity index (χ3n) is 5.53. The van der Waals surface area contributed by atoms with Crippen LogP contribution in [0.2, 0.25) is 18.1 Å². The first kappa shape index (κ1) is 13.1. The minimum Gasteiger partial charge on any atom is -0.413 e. The number of fused-ring (bicyclic) bond motifs is 1. The van der Waals surface area contributed by atoms with E-state index in [1.165, 1.54) is 6.42 Å². The molecule has 2 bridgehead atoms. The maximum atomic E-state index is 6.69. The highest BCUT2D eigenvalue weighted by molar-refractivity contribution is 6.74. The third kappa shape index (κ3) is 1.89. The molecule has 3 unspecified atom stereocenters. The summed E-state index contributed by atoms with van der Waals surface area (Å²) in [6.45, 7) is 13.3. The van der Waals surface area contributed by atoms with E-state index in [4.69, 9.17) is 13.9 Å². The number of hydrogen-bond acceptors (Lipinski definition) is 3. The lowest BCUT2D eigenvalue weighted by Crippen LogP contribution is -2.47. The normalized spacial score (nSPS) is 43.5. The van der Waals surface area contributed by atoms with Gasteiger partial charge in [0.05, 0.1) is 19.3 Å². The number of rotatable bonds is 2. The lowest BCUT2D eigenvalue weighted by Gasteiger charge is -2.41. The minimum absolute atomic E-state index is 0.0688. The summed E-state index contributed by atoms with van der Waals surface area (Å²) in [5.74, 6) is 1.78. The fourth-order valence-corrected chi connectivity index (χ4v) is 4.77. The van der Waals surface area contributed by atoms with Gasteiger partial charge in [-0.15, -0.1) is 0 Å². The third-order valence-corrected chi connectivity index (χ3v) is 10.00. The molecule has 18 heavy (non-hydrogen) atoms. The second-order valence-corrected chi connectivity index (χ2v) is 12.5. The fourth-order valence-electron chi connectivity index (χ4n) is 3.37. The van der Waals surface area contributed by atoms with Crippen molar-refractivity contribution in [2.24, 2.45) is 17.8 Å². The molecule has 3 fully saturated rings. The van der Waals surface area contributed by atoms with Crippen LogP contribution < -0.4 is 0 Å². The van der Waals surface area contributed by atoms with Crippen molar-refractivity contribution in [3.05, 3.63) is 0 Å². The Morgan fingerprint density at radius 1 is 1.06 bits per heavy atom. The zero-order valence-corrected chi connectivity index (χ0v) is 13.2. The molecule has 0 spiro atoms. The first-order valence-electron chi connectivity index (χ1n) is 7.20. The van der Waals surface area contributed by atoms with E-state index in [0.717, 1.165) is 13.2 Å². The van der Waals surface area contributed by atoms with E-state index < -0.39 is 8.32 Å². The molecule has 0 radical (unpaired) electrons. The van der Waals surface area contributed by atoms with Crippen molar-refractivity contribution in [1.82, 2.24) is 0 Å².